The first-order valence-electron chi connectivity index (χ1n) is 13.0. The number of carbonyl (C=O) groups excluding carboxylic acids is 1. The largest absolute Gasteiger partial charge is 0.481 e. The summed E-state index contributed by atoms with van der Waals surface area (Å²) in [7, 11) is -0.534. The van der Waals surface area contributed by atoms with Gasteiger partial charge in [0, 0.05) is 41.7 Å². The molecular weight excluding hydrogens is 563 g/mol. The molecule has 0 amide bonds. The van der Waals surface area contributed by atoms with E-state index in [1.807, 2.05) is 11.0 Å². The standard InChI is InChI=1S/C31H31FN2O7S/c1-20(18-29(35)36)33(19-22-8-4-7-11-26(22)32)27-16-17-28(25-10-6-5-9-24(25)27)34(42(38)39)23-14-12-21(13-15-23)30(40-2)31(37)41-3/h4-17,20,30,42H,18-19H2,1-3H3,(H,35,36)/t20-,30?/m0/s1. The molecule has 0 aliphatic carbocycles. The first-order chi connectivity index (χ1) is 20.2. The van der Waals surface area contributed by atoms with Gasteiger partial charge >= 0.3 is 11.9 Å². The van der Waals surface area contributed by atoms with Crippen LogP contribution in [-0.4, -0.2) is 45.7 Å². The molecule has 0 heterocycles. The third-order valence-corrected chi connectivity index (χ3v) is 7.74. The Morgan fingerprint density at radius 1 is 0.881 bits per heavy atom. The highest BCUT2D eigenvalue weighted by molar-refractivity contribution is 7.74. The minimum Gasteiger partial charge on any atom is -0.481 e. The number of hydrogen-bond donors (Lipinski definition) is 2. The van der Waals surface area contributed by atoms with Crippen molar-refractivity contribution >= 4 is 50.7 Å². The van der Waals surface area contributed by atoms with Gasteiger partial charge in [0.15, 0.2) is 6.10 Å². The fourth-order valence-electron chi connectivity index (χ4n) is 4.94. The Bertz CT molecular complexity index is 1650. The van der Waals surface area contributed by atoms with E-state index in [9.17, 15) is 27.5 Å². The number of methoxy groups -OCH3 is 2. The molecule has 0 spiro atoms. The molecule has 1 N–H and O–H groups in total. The van der Waals surface area contributed by atoms with E-state index in [4.69, 9.17) is 9.47 Å². The lowest BCUT2D eigenvalue weighted by atomic mass is 10.0. The highest BCUT2D eigenvalue weighted by Gasteiger charge is 2.25. The molecule has 0 saturated heterocycles. The van der Waals surface area contributed by atoms with Crippen LogP contribution in [0.3, 0.4) is 0 Å². The number of anilines is 3. The van der Waals surface area contributed by atoms with E-state index in [2.05, 4.69) is 0 Å². The maximum atomic E-state index is 14.7. The Kier molecular flexibility index (Phi) is 9.76. The minimum absolute atomic E-state index is 0.103. The minimum atomic E-state index is -3.16. The van der Waals surface area contributed by atoms with Gasteiger partial charge in [0.05, 0.1) is 24.9 Å². The van der Waals surface area contributed by atoms with Crippen LogP contribution >= 0.6 is 0 Å². The molecule has 4 aromatic carbocycles. The summed E-state index contributed by atoms with van der Waals surface area (Å²) in [5.74, 6) is -2.00. The highest BCUT2D eigenvalue weighted by Crippen LogP contribution is 2.39. The van der Waals surface area contributed by atoms with Gasteiger partial charge in [-0.25, -0.2) is 21.9 Å². The van der Waals surface area contributed by atoms with Crippen molar-refractivity contribution in [3.63, 3.8) is 0 Å². The molecule has 4 rings (SSSR count). The zero-order valence-corrected chi connectivity index (χ0v) is 24.2. The Labute approximate surface area is 244 Å². The summed E-state index contributed by atoms with van der Waals surface area (Å²) in [4.78, 5) is 25.5. The molecule has 0 saturated carbocycles. The average molecular weight is 595 g/mol. The molecule has 2 atom stereocenters. The lowest BCUT2D eigenvalue weighted by molar-refractivity contribution is -0.152. The molecule has 0 aliphatic rings. The molecule has 11 heteroatoms. The number of fused-ring (bicyclic) bond motifs is 1. The molecule has 4 aromatic rings. The van der Waals surface area contributed by atoms with Crippen molar-refractivity contribution < 1.29 is 37.0 Å². The molecular formula is C31H31FN2O7S. The third kappa shape index (κ3) is 6.53. The molecule has 0 aromatic heterocycles. The Morgan fingerprint density at radius 2 is 1.48 bits per heavy atom. The number of hydrogen-bond acceptors (Lipinski definition) is 7. The number of halogens is 1. The Balaban J connectivity index is 1.82. The van der Waals surface area contributed by atoms with Crippen molar-refractivity contribution in [3.8, 4) is 0 Å². The van der Waals surface area contributed by atoms with Crippen molar-refractivity contribution in [2.75, 3.05) is 23.4 Å². The normalized spacial score (nSPS) is 12.6. The van der Waals surface area contributed by atoms with Crippen LogP contribution in [0.5, 0.6) is 0 Å². The molecule has 42 heavy (non-hydrogen) atoms. The lowest BCUT2D eigenvalue weighted by Gasteiger charge is -2.33. The van der Waals surface area contributed by atoms with Gasteiger partial charge in [0.25, 0.3) is 0 Å². The molecule has 0 bridgehead atoms. The second kappa shape index (κ2) is 13.5. The van der Waals surface area contributed by atoms with Crippen LogP contribution in [-0.2, 0) is 36.5 Å². The number of rotatable bonds is 12. The summed E-state index contributed by atoms with van der Waals surface area (Å²) in [5, 5.41) is 10.8. The van der Waals surface area contributed by atoms with Gasteiger partial charge in [0.2, 0.25) is 10.9 Å². The van der Waals surface area contributed by atoms with Crippen LogP contribution in [0, 0.1) is 5.82 Å². The fourth-order valence-corrected chi connectivity index (χ4v) is 5.61. The quantitative estimate of drug-likeness (QED) is 0.166. The van der Waals surface area contributed by atoms with Crippen molar-refractivity contribution in [1.29, 1.82) is 0 Å². The maximum absolute atomic E-state index is 14.7. The number of aliphatic carboxylic acids is 1. The van der Waals surface area contributed by atoms with Crippen LogP contribution in [0.4, 0.5) is 21.5 Å². The predicted octanol–water partition coefficient (Wildman–Crippen LogP) is 5.37. The maximum Gasteiger partial charge on any atom is 0.339 e. The molecule has 220 valence electrons. The smallest absolute Gasteiger partial charge is 0.339 e. The third-order valence-electron chi connectivity index (χ3n) is 6.97. The van der Waals surface area contributed by atoms with Gasteiger partial charge in [-0.3, -0.25) is 4.79 Å². The van der Waals surface area contributed by atoms with E-state index >= 15 is 0 Å². The fraction of sp³-hybridized carbons (Fsp3) is 0.226. The first-order valence-corrected chi connectivity index (χ1v) is 14.2. The number of carboxylic acids is 1. The van der Waals surface area contributed by atoms with Crippen LogP contribution in [0.1, 0.15) is 30.6 Å². The zero-order chi connectivity index (χ0) is 30.4. The number of benzene rings is 4. The van der Waals surface area contributed by atoms with Crippen molar-refractivity contribution in [3.05, 3.63) is 102 Å². The van der Waals surface area contributed by atoms with Gasteiger partial charge in [-0.15, -0.1) is 0 Å². The van der Waals surface area contributed by atoms with Gasteiger partial charge in [-0.05, 0) is 42.8 Å². The van der Waals surface area contributed by atoms with E-state index in [-0.39, 0.29) is 13.0 Å². The monoisotopic (exact) mass is 594 g/mol. The molecule has 0 aliphatic heterocycles. The molecule has 0 fully saturated rings. The van der Waals surface area contributed by atoms with E-state index in [1.165, 1.54) is 20.3 Å². The van der Waals surface area contributed by atoms with Crippen LogP contribution in [0.25, 0.3) is 10.8 Å². The van der Waals surface area contributed by atoms with Crippen LogP contribution < -0.4 is 9.21 Å². The van der Waals surface area contributed by atoms with Crippen LogP contribution in [0.2, 0.25) is 0 Å². The second-order valence-corrected chi connectivity index (χ2v) is 10.5. The highest BCUT2D eigenvalue weighted by atomic mass is 32.2. The summed E-state index contributed by atoms with van der Waals surface area (Å²) in [5.41, 5.74) is 2.21. The number of ether oxygens (including phenoxy) is 2. The van der Waals surface area contributed by atoms with E-state index < -0.39 is 40.8 Å². The SMILES string of the molecule is COC(=O)C(OC)c1ccc(N(c2ccc(N(Cc3ccccc3F)[C@@H](C)CC(=O)O)c3ccccc23)[SH](=O)=O)cc1. The van der Waals surface area contributed by atoms with Crippen molar-refractivity contribution in [1.82, 2.24) is 0 Å². The molecule has 9 nitrogen and oxygen atoms in total. The number of esters is 1. The summed E-state index contributed by atoms with van der Waals surface area (Å²) in [6.45, 7) is 1.86. The molecule has 0 radical (unpaired) electrons. The topological polar surface area (TPSA) is 113 Å². The number of carbonyl (C=O) groups is 2. The van der Waals surface area contributed by atoms with E-state index in [0.29, 0.717) is 39.0 Å². The van der Waals surface area contributed by atoms with Gasteiger partial charge in [-0.2, -0.15) is 0 Å². The zero-order valence-electron chi connectivity index (χ0n) is 23.3. The number of nitrogens with zero attached hydrogens (tertiary/aromatic N) is 2. The average Bonchev–Trinajstić information content (AvgIpc) is 2.97. The van der Waals surface area contributed by atoms with E-state index in [0.717, 1.165) is 4.31 Å². The van der Waals surface area contributed by atoms with Crippen LogP contribution in [0.15, 0.2) is 84.9 Å². The van der Waals surface area contributed by atoms with Gasteiger partial charge < -0.3 is 19.5 Å². The summed E-state index contributed by atoms with van der Waals surface area (Å²) in [6.07, 6.45) is -1.16. The van der Waals surface area contributed by atoms with Crippen molar-refractivity contribution in [2.24, 2.45) is 0 Å². The van der Waals surface area contributed by atoms with E-state index in [1.54, 1.807) is 79.7 Å². The van der Waals surface area contributed by atoms with Gasteiger partial charge in [-0.1, -0.05) is 54.6 Å². The second-order valence-electron chi connectivity index (χ2n) is 9.60. The summed E-state index contributed by atoms with van der Waals surface area (Å²) >= 11 is 0. The number of thiol groups is 1. The first kappa shape index (κ1) is 30.5. The lowest BCUT2D eigenvalue weighted by Crippen LogP contribution is -2.35. The number of carboxylic acid groups (broad SMARTS) is 1. The Morgan fingerprint density at radius 3 is 2.05 bits per heavy atom. The summed E-state index contributed by atoms with van der Waals surface area (Å²) < 4.78 is 51.1. The van der Waals surface area contributed by atoms with Gasteiger partial charge in [0.1, 0.15) is 5.82 Å². The summed E-state index contributed by atoms with van der Waals surface area (Å²) in [6, 6.07) is 22.6. The molecule has 1 unspecified atom stereocenters. The Hall–Kier alpha value is -4.48. The predicted molar refractivity (Wildman–Crippen MR) is 159 cm³/mol. The van der Waals surface area contributed by atoms with Crippen molar-refractivity contribution in [2.45, 2.75) is 32.0 Å².